The Morgan fingerprint density at radius 1 is 1.11 bits per heavy atom. The van der Waals surface area contributed by atoms with Gasteiger partial charge in [0.1, 0.15) is 11.6 Å². The zero-order chi connectivity index (χ0) is 19.2. The molecular formula is C21H26FN3O2. The third-order valence-corrected chi connectivity index (χ3v) is 4.88. The minimum absolute atomic E-state index is 0.0897. The number of methoxy groups -OCH3 is 1. The number of nitrogens with zero attached hydrogens (tertiary/aromatic N) is 2. The molecule has 0 unspecified atom stereocenters. The molecular weight excluding hydrogens is 345 g/mol. The third-order valence-electron chi connectivity index (χ3n) is 4.88. The van der Waals surface area contributed by atoms with Crippen molar-refractivity contribution in [1.29, 1.82) is 0 Å². The molecule has 2 aromatic carbocycles. The second kappa shape index (κ2) is 8.86. The summed E-state index contributed by atoms with van der Waals surface area (Å²) in [6, 6.07) is 12.1. The maximum atomic E-state index is 13.0. The SMILES string of the molecule is COc1ccc(N2CCN(C)CC2)cc1NC(=O)CCc1ccc(F)cc1. The van der Waals surface area contributed by atoms with Crippen molar-refractivity contribution < 1.29 is 13.9 Å². The Morgan fingerprint density at radius 3 is 2.48 bits per heavy atom. The number of piperazine rings is 1. The average Bonchev–Trinajstić information content (AvgIpc) is 2.68. The quantitative estimate of drug-likeness (QED) is 0.847. The van der Waals surface area contributed by atoms with Crippen LogP contribution in [0.3, 0.4) is 0 Å². The molecule has 27 heavy (non-hydrogen) atoms. The van der Waals surface area contributed by atoms with E-state index in [0.29, 0.717) is 24.3 Å². The molecule has 1 N–H and O–H groups in total. The predicted octanol–water partition coefficient (Wildman–Crippen LogP) is 3.16. The van der Waals surface area contributed by atoms with Crippen LogP contribution in [-0.2, 0) is 11.2 Å². The van der Waals surface area contributed by atoms with E-state index in [9.17, 15) is 9.18 Å². The highest BCUT2D eigenvalue weighted by molar-refractivity contribution is 5.93. The monoisotopic (exact) mass is 371 g/mol. The Labute approximate surface area is 159 Å². The lowest BCUT2D eigenvalue weighted by Gasteiger charge is -2.34. The van der Waals surface area contributed by atoms with Gasteiger partial charge in [-0.25, -0.2) is 4.39 Å². The highest BCUT2D eigenvalue weighted by Crippen LogP contribution is 2.30. The van der Waals surface area contributed by atoms with Gasteiger partial charge in [0.05, 0.1) is 12.8 Å². The molecule has 1 heterocycles. The van der Waals surface area contributed by atoms with E-state index in [1.165, 1.54) is 12.1 Å². The summed E-state index contributed by atoms with van der Waals surface area (Å²) in [7, 11) is 3.72. The van der Waals surface area contributed by atoms with Crippen molar-refractivity contribution in [2.75, 3.05) is 50.6 Å². The molecule has 6 heteroatoms. The van der Waals surface area contributed by atoms with E-state index in [-0.39, 0.29) is 11.7 Å². The topological polar surface area (TPSA) is 44.8 Å². The number of rotatable bonds is 6. The molecule has 0 spiro atoms. The molecule has 5 nitrogen and oxygen atoms in total. The summed E-state index contributed by atoms with van der Waals surface area (Å²) in [6.07, 6.45) is 0.889. The summed E-state index contributed by atoms with van der Waals surface area (Å²) in [5.41, 5.74) is 2.69. The Hall–Kier alpha value is -2.60. The number of ether oxygens (including phenoxy) is 1. The van der Waals surface area contributed by atoms with Gasteiger partial charge in [-0.3, -0.25) is 4.79 Å². The molecule has 1 aliphatic heterocycles. The van der Waals surface area contributed by atoms with E-state index in [1.807, 2.05) is 18.2 Å². The minimum atomic E-state index is -0.270. The number of likely N-dealkylation sites (N-methyl/N-ethyl adjacent to an activating group) is 1. The van der Waals surface area contributed by atoms with Gasteiger partial charge >= 0.3 is 0 Å². The van der Waals surface area contributed by atoms with Crippen molar-refractivity contribution in [3.63, 3.8) is 0 Å². The van der Waals surface area contributed by atoms with E-state index < -0.39 is 0 Å². The number of hydrogen-bond acceptors (Lipinski definition) is 4. The minimum Gasteiger partial charge on any atom is -0.495 e. The number of carbonyl (C=O) groups is 1. The molecule has 0 saturated carbocycles. The Kier molecular flexibility index (Phi) is 6.29. The van der Waals surface area contributed by atoms with Crippen LogP contribution in [0, 0.1) is 5.82 Å². The molecule has 1 aliphatic rings. The van der Waals surface area contributed by atoms with Crippen molar-refractivity contribution >= 4 is 17.3 Å². The zero-order valence-corrected chi connectivity index (χ0v) is 15.9. The highest BCUT2D eigenvalue weighted by Gasteiger charge is 2.16. The molecule has 1 fully saturated rings. The van der Waals surface area contributed by atoms with Crippen molar-refractivity contribution in [3.05, 3.63) is 53.8 Å². The number of hydrogen-bond donors (Lipinski definition) is 1. The van der Waals surface area contributed by atoms with E-state index in [1.54, 1.807) is 19.2 Å². The van der Waals surface area contributed by atoms with Crippen LogP contribution >= 0.6 is 0 Å². The molecule has 1 amide bonds. The zero-order valence-electron chi connectivity index (χ0n) is 15.9. The molecule has 0 aromatic heterocycles. The van der Waals surface area contributed by atoms with Gasteiger partial charge in [-0.15, -0.1) is 0 Å². The molecule has 0 bridgehead atoms. The number of carbonyl (C=O) groups excluding carboxylic acids is 1. The molecule has 1 saturated heterocycles. The summed E-state index contributed by atoms with van der Waals surface area (Å²) in [6.45, 7) is 3.96. The van der Waals surface area contributed by atoms with Gasteiger partial charge in [0.2, 0.25) is 5.91 Å². The van der Waals surface area contributed by atoms with E-state index in [2.05, 4.69) is 22.2 Å². The second-order valence-corrected chi connectivity index (χ2v) is 6.85. The van der Waals surface area contributed by atoms with Gasteiger partial charge in [-0.2, -0.15) is 0 Å². The first-order valence-electron chi connectivity index (χ1n) is 9.21. The average molecular weight is 371 g/mol. The first kappa shape index (κ1) is 19.2. The predicted molar refractivity (Wildman–Crippen MR) is 106 cm³/mol. The lowest BCUT2D eigenvalue weighted by molar-refractivity contribution is -0.116. The number of aryl methyl sites for hydroxylation is 1. The van der Waals surface area contributed by atoms with Gasteiger partial charge in [0.25, 0.3) is 0 Å². The van der Waals surface area contributed by atoms with Gasteiger partial charge < -0.3 is 19.9 Å². The largest absolute Gasteiger partial charge is 0.495 e. The van der Waals surface area contributed by atoms with E-state index >= 15 is 0 Å². The summed E-state index contributed by atoms with van der Waals surface area (Å²) < 4.78 is 18.4. The van der Waals surface area contributed by atoms with Crippen molar-refractivity contribution in [3.8, 4) is 5.75 Å². The number of anilines is 2. The van der Waals surface area contributed by atoms with Crippen LogP contribution < -0.4 is 15.0 Å². The van der Waals surface area contributed by atoms with Crippen LogP contribution in [0.1, 0.15) is 12.0 Å². The van der Waals surface area contributed by atoms with Crippen LogP contribution in [0.2, 0.25) is 0 Å². The fourth-order valence-electron chi connectivity index (χ4n) is 3.18. The number of nitrogens with one attached hydrogen (secondary N) is 1. The van der Waals surface area contributed by atoms with Crippen molar-refractivity contribution in [2.45, 2.75) is 12.8 Å². The summed E-state index contributed by atoms with van der Waals surface area (Å²) in [5.74, 6) is 0.282. The lowest BCUT2D eigenvalue weighted by atomic mass is 10.1. The van der Waals surface area contributed by atoms with Crippen LogP contribution in [-0.4, -0.2) is 51.1 Å². The maximum Gasteiger partial charge on any atom is 0.224 e. The smallest absolute Gasteiger partial charge is 0.224 e. The highest BCUT2D eigenvalue weighted by atomic mass is 19.1. The molecule has 3 rings (SSSR count). The Balaban J connectivity index is 1.64. The maximum absolute atomic E-state index is 13.0. The Morgan fingerprint density at radius 2 is 1.81 bits per heavy atom. The standard InChI is InChI=1S/C21H26FN3O2/c1-24-11-13-25(14-12-24)18-8-9-20(27-2)19(15-18)23-21(26)10-5-16-3-6-17(22)7-4-16/h3-4,6-9,15H,5,10-14H2,1-2H3,(H,23,26). The number of halogens is 1. The molecule has 2 aromatic rings. The second-order valence-electron chi connectivity index (χ2n) is 6.85. The number of amides is 1. The fraction of sp³-hybridized carbons (Fsp3) is 0.381. The molecule has 0 aliphatic carbocycles. The van der Waals surface area contributed by atoms with E-state index in [4.69, 9.17) is 4.74 Å². The van der Waals surface area contributed by atoms with Crippen LogP contribution in [0.15, 0.2) is 42.5 Å². The fourth-order valence-corrected chi connectivity index (χ4v) is 3.18. The van der Waals surface area contributed by atoms with Gasteiger partial charge in [-0.1, -0.05) is 12.1 Å². The molecule has 0 radical (unpaired) electrons. The van der Waals surface area contributed by atoms with Crippen LogP contribution in [0.25, 0.3) is 0 Å². The first-order valence-corrected chi connectivity index (χ1v) is 9.21. The van der Waals surface area contributed by atoms with Gasteiger partial charge in [0, 0.05) is 38.3 Å². The lowest BCUT2D eigenvalue weighted by Crippen LogP contribution is -2.44. The summed E-state index contributed by atoms with van der Waals surface area (Å²) in [4.78, 5) is 17.0. The van der Waals surface area contributed by atoms with E-state index in [0.717, 1.165) is 37.4 Å². The third kappa shape index (κ3) is 5.20. The summed E-state index contributed by atoms with van der Waals surface area (Å²) >= 11 is 0. The first-order chi connectivity index (χ1) is 13.0. The van der Waals surface area contributed by atoms with Crippen molar-refractivity contribution in [2.24, 2.45) is 0 Å². The van der Waals surface area contributed by atoms with Gasteiger partial charge in [0.15, 0.2) is 0 Å². The number of benzene rings is 2. The van der Waals surface area contributed by atoms with Crippen LogP contribution in [0.4, 0.5) is 15.8 Å². The Bertz CT molecular complexity index is 771. The van der Waals surface area contributed by atoms with Crippen LogP contribution in [0.5, 0.6) is 5.75 Å². The molecule has 144 valence electrons. The van der Waals surface area contributed by atoms with Crippen molar-refractivity contribution in [1.82, 2.24) is 4.90 Å². The summed E-state index contributed by atoms with van der Waals surface area (Å²) in [5, 5.41) is 2.96. The molecule has 0 atom stereocenters. The van der Waals surface area contributed by atoms with Gasteiger partial charge in [-0.05, 0) is 49.4 Å². The normalized spacial score (nSPS) is 14.9.